The van der Waals surface area contributed by atoms with Gasteiger partial charge in [0.15, 0.2) is 0 Å². The summed E-state index contributed by atoms with van der Waals surface area (Å²) in [6, 6.07) is 3.48. The second-order valence-electron chi connectivity index (χ2n) is 4.87. The molecule has 0 unspecified atom stereocenters. The quantitative estimate of drug-likeness (QED) is 0.744. The Hall–Kier alpha value is 0.0500. The van der Waals surface area contributed by atoms with E-state index in [1.54, 1.807) is 13.2 Å². The molecule has 0 radical (unpaired) electrons. The molecule has 1 aromatic carbocycles. The first-order valence-electron chi connectivity index (χ1n) is 6.35. The molecule has 20 heavy (non-hydrogen) atoms. The summed E-state index contributed by atoms with van der Waals surface area (Å²) in [5, 5.41) is 0. The largest absolute Gasteiger partial charge is 0.381 e. The van der Waals surface area contributed by atoms with Gasteiger partial charge < -0.3 is 4.74 Å². The summed E-state index contributed by atoms with van der Waals surface area (Å²) >= 11 is 6.75. The van der Waals surface area contributed by atoms with E-state index in [0.29, 0.717) is 22.5 Å². The minimum Gasteiger partial charge on any atom is -0.381 e. The maximum absolute atomic E-state index is 12.7. The number of rotatable bonds is 3. The molecule has 2 rings (SSSR count). The van der Waals surface area contributed by atoms with Crippen molar-refractivity contribution >= 4 is 41.9 Å². The molecular weight excluding hydrogens is 410 g/mol. The smallest absolute Gasteiger partial charge is 0.244 e. The van der Waals surface area contributed by atoms with Gasteiger partial charge in [-0.1, -0.05) is 15.9 Å². The van der Waals surface area contributed by atoms with Gasteiger partial charge in [0.25, 0.3) is 0 Å². The van der Waals surface area contributed by atoms with E-state index in [4.69, 9.17) is 4.74 Å². The lowest BCUT2D eigenvalue weighted by atomic mass is 10.1. The zero-order valence-corrected chi connectivity index (χ0v) is 15.4. The number of hydrogen-bond donors (Lipinski definition) is 0. The first-order valence-corrected chi connectivity index (χ1v) is 9.37. The van der Waals surface area contributed by atoms with E-state index in [1.165, 1.54) is 4.31 Å². The molecule has 0 aromatic heterocycles. The van der Waals surface area contributed by atoms with E-state index < -0.39 is 10.0 Å². The van der Waals surface area contributed by atoms with Crippen LogP contribution in [-0.2, 0) is 14.8 Å². The monoisotopic (exact) mass is 425 g/mol. The molecule has 112 valence electrons. The van der Waals surface area contributed by atoms with Gasteiger partial charge in [0.1, 0.15) is 0 Å². The van der Waals surface area contributed by atoms with E-state index in [2.05, 4.69) is 31.9 Å². The van der Waals surface area contributed by atoms with Crippen LogP contribution in [-0.4, -0.2) is 39.0 Å². The number of benzene rings is 1. The minimum atomic E-state index is -3.46. The maximum Gasteiger partial charge on any atom is 0.244 e. The number of piperidine rings is 1. The molecular formula is C13H17Br2NO3S. The van der Waals surface area contributed by atoms with Crippen LogP contribution in [0.3, 0.4) is 0 Å². The highest BCUT2D eigenvalue weighted by molar-refractivity contribution is 9.11. The molecule has 1 fully saturated rings. The van der Waals surface area contributed by atoms with E-state index >= 15 is 0 Å². The van der Waals surface area contributed by atoms with Crippen LogP contribution in [0.25, 0.3) is 0 Å². The highest BCUT2D eigenvalue weighted by atomic mass is 79.9. The molecule has 1 aliphatic heterocycles. The van der Waals surface area contributed by atoms with Gasteiger partial charge in [-0.2, -0.15) is 4.31 Å². The highest BCUT2D eigenvalue weighted by Crippen LogP contribution is 2.32. The Balaban J connectivity index is 2.30. The van der Waals surface area contributed by atoms with Crippen molar-refractivity contribution in [2.24, 2.45) is 0 Å². The average molecular weight is 427 g/mol. The Morgan fingerprint density at radius 1 is 1.20 bits per heavy atom. The number of sulfonamides is 1. The third-order valence-electron chi connectivity index (χ3n) is 3.57. The fourth-order valence-corrected chi connectivity index (χ4v) is 5.38. The predicted octanol–water partition coefficient (Wildman–Crippen LogP) is 3.32. The lowest BCUT2D eigenvalue weighted by Gasteiger charge is -2.30. The zero-order valence-electron chi connectivity index (χ0n) is 11.4. The molecule has 0 bridgehead atoms. The predicted molar refractivity (Wildman–Crippen MR) is 85.4 cm³/mol. The fraction of sp³-hybridized carbons (Fsp3) is 0.538. The Bertz CT molecular complexity index is 596. The number of hydrogen-bond acceptors (Lipinski definition) is 3. The molecule has 1 aliphatic rings. The van der Waals surface area contributed by atoms with Crippen molar-refractivity contribution < 1.29 is 13.2 Å². The summed E-state index contributed by atoms with van der Waals surface area (Å²) in [6.45, 7) is 2.92. The van der Waals surface area contributed by atoms with Crippen molar-refractivity contribution in [1.82, 2.24) is 4.31 Å². The van der Waals surface area contributed by atoms with Crippen molar-refractivity contribution in [1.29, 1.82) is 0 Å². The van der Waals surface area contributed by atoms with E-state index in [1.807, 2.05) is 13.0 Å². The number of methoxy groups -OCH3 is 1. The van der Waals surface area contributed by atoms with Crippen LogP contribution in [0, 0.1) is 6.92 Å². The first-order chi connectivity index (χ1) is 9.36. The molecule has 0 atom stereocenters. The number of aryl methyl sites for hydroxylation is 1. The highest BCUT2D eigenvalue weighted by Gasteiger charge is 2.31. The van der Waals surface area contributed by atoms with Gasteiger partial charge in [-0.05, 0) is 53.4 Å². The Morgan fingerprint density at radius 2 is 1.80 bits per heavy atom. The second-order valence-corrected chi connectivity index (χ2v) is 8.49. The molecule has 0 spiro atoms. The Kier molecular flexibility index (Phi) is 5.29. The number of nitrogens with zero attached hydrogens (tertiary/aromatic N) is 1. The summed E-state index contributed by atoms with van der Waals surface area (Å²) in [5.41, 5.74) is 0.994. The van der Waals surface area contributed by atoms with Crippen molar-refractivity contribution in [3.63, 3.8) is 0 Å². The average Bonchev–Trinajstić information content (AvgIpc) is 2.42. The third-order valence-corrected chi connectivity index (χ3v) is 7.28. The molecule has 0 N–H and O–H groups in total. The Morgan fingerprint density at radius 3 is 2.35 bits per heavy atom. The molecule has 0 saturated carbocycles. The molecule has 7 heteroatoms. The first kappa shape index (κ1) is 16.4. The van der Waals surface area contributed by atoms with Crippen LogP contribution in [0.2, 0.25) is 0 Å². The van der Waals surface area contributed by atoms with Gasteiger partial charge in [-0.15, -0.1) is 0 Å². The van der Waals surface area contributed by atoms with Crippen LogP contribution in [0.5, 0.6) is 0 Å². The van der Waals surface area contributed by atoms with Gasteiger partial charge >= 0.3 is 0 Å². The van der Waals surface area contributed by atoms with Gasteiger partial charge in [0.2, 0.25) is 10.0 Å². The van der Waals surface area contributed by atoms with E-state index in [-0.39, 0.29) is 6.10 Å². The van der Waals surface area contributed by atoms with Crippen LogP contribution in [0.1, 0.15) is 18.4 Å². The Labute approximate surface area is 136 Å². The van der Waals surface area contributed by atoms with Crippen molar-refractivity contribution in [2.75, 3.05) is 20.2 Å². The van der Waals surface area contributed by atoms with Crippen LogP contribution >= 0.6 is 31.9 Å². The summed E-state index contributed by atoms with van der Waals surface area (Å²) in [6.07, 6.45) is 1.63. The van der Waals surface area contributed by atoms with Crippen molar-refractivity contribution in [2.45, 2.75) is 30.8 Å². The number of ether oxygens (including phenoxy) is 1. The van der Waals surface area contributed by atoms with Crippen LogP contribution in [0.15, 0.2) is 26.0 Å². The SMILES string of the molecule is COC1CCN(S(=O)(=O)c2cc(Br)c(C)cc2Br)CC1. The molecule has 4 nitrogen and oxygen atoms in total. The lowest BCUT2D eigenvalue weighted by Crippen LogP contribution is -2.40. The third kappa shape index (κ3) is 3.27. The van der Waals surface area contributed by atoms with Gasteiger partial charge in [-0.25, -0.2) is 8.42 Å². The summed E-state index contributed by atoms with van der Waals surface area (Å²) in [7, 11) is -1.79. The molecule has 1 saturated heterocycles. The second kappa shape index (κ2) is 6.44. The molecule has 0 aliphatic carbocycles. The standard InChI is InChI=1S/C13H17Br2NO3S/c1-9-7-12(15)13(8-11(9)14)20(17,18)16-5-3-10(19-2)4-6-16/h7-8,10H,3-6H2,1-2H3. The van der Waals surface area contributed by atoms with Crippen molar-refractivity contribution in [3.8, 4) is 0 Å². The summed E-state index contributed by atoms with van der Waals surface area (Å²) in [5.74, 6) is 0. The van der Waals surface area contributed by atoms with Gasteiger partial charge in [0.05, 0.1) is 11.0 Å². The van der Waals surface area contributed by atoms with E-state index in [9.17, 15) is 8.42 Å². The topological polar surface area (TPSA) is 46.6 Å². The lowest BCUT2D eigenvalue weighted by molar-refractivity contribution is 0.0604. The fourth-order valence-electron chi connectivity index (χ4n) is 2.27. The normalized spacial score (nSPS) is 18.4. The number of halogens is 2. The molecule has 1 heterocycles. The van der Waals surface area contributed by atoms with Crippen LogP contribution < -0.4 is 0 Å². The summed E-state index contributed by atoms with van der Waals surface area (Å²) < 4.78 is 33.6. The van der Waals surface area contributed by atoms with Gasteiger partial charge in [0, 0.05) is 29.1 Å². The summed E-state index contributed by atoms with van der Waals surface area (Å²) in [4.78, 5) is 0.311. The molecule has 0 amide bonds. The van der Waals surface area contributed by atoms with Crippen LogP contribution in [0.4, 0.5) is 0 Å². The van der Waals surface area contributed by atoms with Gasteiger partial charge in [-0.3, -0.25) is 0 Å². The molecule has 1 aromatic rings. The minimum absolute atomic E-state index is 0.162. The van der Waals surface area contributed by atoms with E-state index in [0.717, 1.165) is 22.9 Å². The zero-order chi connectivity index (χ0) is 14.9. The maximum atomic E-state index is 12.7. The van der Waals surface area contributed by atoms with Crippen molar-refractivity contribution in [3.05, 3.63) is 26.6 Å².